The molecule has 5 heteroatoms. The van der Waals surface area contributed by atoms with E-state index in [4.69, 9.17) is 0 Å². The number of rotatable bonds is 13. The molecule has 0 unspecified atom stereocenters. The van der Waals surface area contributed by atoms with Crippen LogP contribution in [0.15, 0.2) is 23.4 Å². The Morgan fingerprint density at radius 1 is 1.13 bits per heavy atom. The van der Waals surface area contributed by atoms with Gasteiger partial charge in [-0.05, 0) is 52.9 Å². The highest BCUT2D eigenvalue weighted by molar-refractivity contribution is 5.93. The Morgan fingerprint density at radius 2 is 1.83 bits per heavy atom. The van der Waals surface area contributed by atoms with Crippen LogP contribution in [0.2, 0.25) is 0 Å². The van der Waals surface area contributed by atoms with E-state index in [1.54, 1.807) is 12.2 Å². The molecule has 0 radical (unpaired) electrons. The van der Waals surface area contributed by atoms with E-state index in [1.807, 2.05) is 13.8 Å². The molecule has 0 aliphatic heterocycles. The molecule has 132 valence electrons. The highest BCUT2D eigenvalue weighted by Crippen LogP contribution is 2.08. The van der Waals surface area contributed by atoms with Gasteiger partial charge in [0.05, 0.1) is 0 Å². The lowest BCUT2D eigenvalue weighted by Crippen LogP contribution is -2.26. The van der Waals surface area contributed by atoms with Crippen molar-refractivity contribution in [3.05, 3.63) is 23.4 Å². The molecule has 0 aliphatic rings. The second kappa shape index (κ2) is 14.0. The molecule has 0 fully saturated rings. The number of nitrogens with one attached hydrogen (secondary N) is 2. The van der Waals surface area contributed by atoms with E-state index in [9.17, 15) is 9.59 Å². The molecule has 0 saturated carbocycles. The van der Waals surface area contributed by atoms with Crippen molar-refractivity contribution >= 4 is 12.3 Å². The molecular formula is C18H33N3O2. The second-order valence-electron chi connectivity index (χ2n) is 5.90. The summed E-state index contributed by atoms with van der Waals surface area (Å²) in [5.74, 6) is -0.0350. The Bertz CT molecular complexity index is 401. The van der Waals surface area contributed by atoms with Crippen LogP contribution in [0.1, 0.15) is 52.4 Å². The van der Waals surface area contributed by atoms with Gasteiger partial charge in [0.25, 0.3) is 0 Å². The summed E-state index contributed by atoms with van der Waals surface area (Å²) in [7, 11) is 4.17. The number of hydrogen-bond acceptors (Lipinski definition) is 3. The Balaban J connectivity index is 4.21. The second-order valence-corrected chi connectivity index (χ2v) is 5.90. The molecule has 0 atom stereocenters. The summed E-state index contributed by atoms with van der Waals surface area (Å²) < 4.78 is 0. The van der Waals surface area contributed by atoms with Crippen LogP contribution in [0.4, 0.5) is 0 Å². The minimum atomic E-state index is -0.0350. The zero-order valence-electron chi connectivity index (χ0n) is 15.2. The number of hydrogen-bond donors (Lipinski definition) is 2. The van der Waals surface area contributed by atoms with Gasteiger partial charge in [0, 0.05) is 17.8 Å². The first kappa shape index (κ1) is 21.4. The predicted molar refractivity (Wildman–Crippen MR) is 96.0 cm³/mol. The molecule has 0 heterocycles. The van der Waals surface area contributed by atoms with Gasteiger partial charge in [0.15, 0.2) is 0 Å². The van der Waals surface area contributed by atoms with Gasteiger partial charge < -0.3 is 15.5 Å². The smallest absolute Gasteiger partial charge is 0.247 e. The molecular weight excluding hydrogens is 290 g/mol. The van der Waals surface area contributed by atoms with Gasteiger partial charge in [0.2, 0.25) is 12.3 Å². The van der Waals surface area contributed by atoms with Crippen molar-refractivity contribution < 1.29 is 9.59 Å². The van der Waals surface area contributed by atoms with Crippen LogP contribution in [0, 0.1) is 0 Å². The number of allylic oxidation sites excluding steroid dienone is 2. The van der Waals surface area contributed by atoms with E-state index in [0.717, 1.165) is 25.8 Å². The summed E-state index contributed by atoms with van der Waals surface area (Å²) in [5.41, 5.74) is 1.37. The molecule has 2 amide bonds. The first-order chi connectivity index (χ1) is 11.0. The molecule has 0 bridgehead atoms. The third kappa shape index (κ3) is 11.6. The summed E-state index contributed by atoms with van der Waals surface area (Å²) in [6, 6.07) is 0. The van der Waals surface area contributed by atoms with Crippen molar-refractivity contribution in [1.82, 2.24) is 15.5 Å². The minimum absolute atomic E-state index is 0.0350. The fourth-order valence-electron chi connectivity index (χ4n) is 2.21. The van der Waals surface area contributed by atoms with Gasteiger partial charge in [-0.25, -0.2) is 0 Å². The van der Waals surface area contributed by atoms with Crippen LogP contribution in [0.5, 0.6) is 0 Å². The van der Waals surface area contributed by atoms with Gasteiger partial charge in [-0.15, -0.1) is 0 Å². The Morgan fingerprint density at radius 3 is 2.39 bits per heavy atom. The van der Waals surface area contributed by atoms with Crippen LogP contribution in [-0.4, -0.2) is 44.4 Å². The summed E-state index contributed by atoms with van der Waals surface area (Å²) in [6.07, 6.45) is 10.3. The molecule has 5 nitrogen and oxygen atoms in total. The first-order valence-corrected chi connectivity index (χ1v) is 8.55. The van der Waals surface area contributed by atoms with E-state index in [1.165, 1.54) is 12.8 Å². The molecule has 0 rings (SSSR count). The Kier molecular flexibility index (Phi) is 13.0. The predicted octanol–water partition coefficient (Wildman–Crippen LogP) is 2.60. The van der Waals surface area contributed by atoms with Crippen molar-refractivity contribution in [2.45, 2.75) is 52.4 Å². The van der Waals surface area contributed by atoms with Crippen molar-refractivity contribution in [3.8, 4) is 0 Å². The summed E-state index contributed by atoms with van der Waals surface area (Å²) in [5, 5.41) is 5.57. The van der Waals surface area contributed by atoms with E-state index in [2.05, 4.69) is 29.6 Å². The average molecular weight is 323 g/mol. The molecule has 2 N–H and O–H groups in total. The summed E-state index contributed by atoms with van der Waals surface area (Å²) in [6.45, 7) is 5.69. The molecule has 0 aromatic heterocycles. The van der Waals surface area contributed by atoms with Gasteiger partial charge >= 0.3 is 0 Å². The van der Waals surface area contributed by atoms with E-state index < -0.39 is 0 Å². The van der Waals surface area contributed by atoms with Crippen LogP contribution in [0.3, 0.4) is 0 Å². The Labute approximate surface area is 141 Å². The zero-order chi connectivity index (χ0) is 17.5. The zero-order valence-corrected chi connectivity index (χ0v) is 15.2. The van der Waals surface area contributed by atoms with Gasteiger partial charge in [-0.2, -0.15) is 0 Å². The monoisotopic (exact) mass is 323 g/mol. The largest absolute Gasteiger partial charge is 0.352 e. The maximum atomic E-state index is 12.2. The number of amides is 2. The molecule has 0 spiro atoms. The van der Waals surface area contributed by atoms with Crippen LogP contribution in [-0.2, 0) is 9.59 Å². The average Bonchev–Trinajstić information content (AvgIpc) is 2.52. The highest BCUT2D eigenvalue weighted by Gasteiger charge is 2.08. The maximum Gasteiger partial charge on any atom is 0.247 e. The van der Waals surface area contributed by atoms with Crippen molar-refractivity contribution in [1.29, 1.82) is 0 Å². The fourth-order valence-corrected chi connectivity index (χ4v) is 2.21. The number of unbranched alkanes of at least 4 members (excludes halogenated alkanes) is 3. The maximum absolute atomic E-state index is 12.2. The Hall–Kier alpha value is -1.62. The molecule has 23 heavy (non-hydrogen) atoms. The van der Waals surface area contributed by atoms with Gasteiger partial charge in [-0.1, -0.05) is 32.3 Å². The third-order valence-corrected chi connectivity index (χ3v) is 3.49. The molecule has 0 aromatic rings. The molecule has 0 aromatic carbocycles. The highest BCUT2D eigenvalue weighted by atomic mass is 16.1. The molecule has 0 saturated heterocycles. The lowest BCUT2D eigenvalue weighted by molar-refractivity contribution is -0.117. The molecule has 0 aliphatic carbocycles. The van der Waals surface area contributed by atoms with Crippen molar-refractivity contribution in [2.75, 3.05) is 27.2 Å². The topological polar surface area (TPSA) is 61.4 Å². The van der Waals surface area contributed by atoms with Crippen molar-refractivity contribution in [2.24, 2.45) is 0 Å². The quantitative estimate of drug-likeness (QED) is 0.237. The first-order valence-electron chi connectivity index (χ1n) is 8.55. The standard InChI is InChI=1S/C18H33N3O2/c1-5-11-16(14-17(6-2)20-15-22)18(23)19-12-9-7-8-10-13-21(3)4/h6,14-15H,5,7-13H2,1-4H3,(H,19,23)(H,20,22)/b16-14+,17-6+. The minimum Gasteiger partial charge on any atom is -0.352 e. The van der Waals surface area contributed by atoms with E-state index in [0.29, 0.717) is 30.6 Å². The number of carbonyl (C=O) groups excluding carboxylic acids is 2. The fraction of sp³-hybridized carbons (Fsp3) is 0.667. The van der Waals surface area contributed by atoms with Crippen LogP contribution in [0.25, 0.3) is 0 Å². The van der Waals surface area contributed by atoms with Gasteiger partial charge in [0.1, 0.15) is 0 Å². The number of carbonyl (C=O) groups is 2. The normalized spacial score (nSPS) is 12.4. The SMILES string of the molecule is C/C=C(\C=C(/CCC)C(=O)NCCCCCCN(C)C)NC=O. The van der Waals surface area contributed by atoms with E-state index >= 15 is 0 Å². The lowest BCUT2D eigenvalue weighted by Gasteiger charge is -2.10. The van der Waals surface area contributed by atoms with E-state index in [-0.39, 0.29) is 5.91 Å². The summed E-state index contributed by atoms with van der Waals surface area (Å²) in [4.78, 5) is 25.0. The number of nitrogens with zero attached hydrogens (tertiary/aromatic N) is 1. The summed E-state index contributed by atoms with van der Waals surface area (Å²) >= 11 is 0. The lowest BCUT2D eigenvalue weighted by atomic mass is 10.1. The van der Waals surface area contributed by atoms with Gasteiger partial charge in [-0.3, -0.25) is 9.59 Å². The third-order valence-electron chi connectivity index (χ3n) is 3.49. The van der Waals surface area contributed by atoms with Crippen molar-refractivity contribution in [3.63, 3.8) is 0 Å². The van der Waals surface area contributed by atoms with Crippen LogP contribution >= 0.6 is 0 Å². The van der Waals surface area contributed by atoms with Crippen LogP contribution < -0.4 is 10.6 Å².